The molecule has 0 saturated carbocycles. The van der Waals surface area contributed by atoms with Crippen molar-refractivity contribution in [2.75, 3.05) is 25.0 Å². The number of hydrogen-bond acceptors (Lipinski definition) is 16. The Morgan fingerprint density at radius 2 is 1.62 bits per heavy atom. The quantitative estimate of drug-likeness (QED) is 0.114. The van der Waals surface area contributed by atoms with Crippen molar-refractivity contribution in [3.63, 3.8) is 0 Å². The van der Waals surface area contributed by atoms with Crippen LogP contribution in [0, 0.1) is 11.7 Å². The summed E-state index contributed by atoms with van der Waals surface area (Å²) in [7, 11) is 0. The van der Waals surface area contributed by atoms with Gasteiger partial charge in [0, 0.05) is 15.9 Å². The molecule has 0 unspecified atom stereocenters. The molecule has 4 rings (SSSR count). The van der Waals surface area contributed by atoms with E-state index in [0.29, 0.717) is 4.47 Å². The zero-order valence-corrected chi connectivity index (χ0v) is 21.6. The van der Waals surface area contributed by atoms with Crippen molar-refractivity contribution in [2.24, 2.45) is 5.92 Å². The number of ether oxygens (including phenoxy) is 2. The molecule has 1 aliphatic rings. The van der Waals surface area contributed by atoms with Gasteiger partial charge in [-0.3, -0.25) is 0 Å². The monoisotopic (exact) mass is 634 g/mol. The van der Waals surface area contributed by atoms with Crippen molar-refractivity contribution in [1.29, 1.82) is 0 Å². The summed E-state index contributed by atoms with van der Waals surface area (Å²) >= 11 is 3.14. The number of hydrogen-bond donors (Lipinski definition) is 11. The minimum atomic E-state index is -3.74. The number of nitrogens with zero attached hydrogens (tertiary/aromatic N) is 3. The third kappa shape index (κ3) is 6.71. The minimum Gasteiger partial charge on any atom is -0.489 e. The van der Waals surface area contributed by atoms with Gasteiger partial charge in [-0.25, -0.2) is 19.3 Å². The molecule has 2 heterocycles. The third-order valence-corrected chi connectivity index (χ3v) is 6.42. The Balaban J connectivity index is 1.68. The lowest BCUT2D eigenvalue weighted by Gasteiger charge is -2.49. The second kappa shape index (κ2) is 10.5. The average Bonchev–Trinajstić information content (AvgIpc) is 2.78. The van der Waals surface area contributed by atoms with E-state index in [2.05, 4.69) is 31.2 Å². The standard InChI is InChI=1S/C22H24BrFN4O12/c23-10-1-2-13(12(24)3-10)27-18-11-4-16(40-22(36,37)38)15(5-14(11)25-9-26-18)39-6-17-19(29,30)7-28(21(33,34)35)8-20(17,31)32/h1-5,9,17,29-38H,6-8H2,(H,25,26,27). The molecule has 0 spiro atoms. The minimum absolute atomic E-state index is 0.0141. The van der Waals surface area contributed by atoms with Crippen LogP contribution < -0.4 is 14.8 Å². The Bertz CT molecular complexity index is 1380. The zero-order chi connectivity index (χ0) is 29.7. The molecule has 0 radical (unpaired) electrons. The number of anilines is 2. The Kier molecular flexibility index (Phi) is 7.92. The fourth-order valence-corrected chi connectivity index (χ4v) is 4.42. The van der Waals surface area contributed by atoms with Crippen molar-refractivity contribution in [2.45, 2.75) is 23.8 Å². The van der Waals surface area contributed by atoms with Crippen LogP contribution in [0.2, 0.25) is 0 Å². The maximum absolute atomic E-state index is 14.4. The molecule has 11 N–H and O–H groups in total. The first-order valence-corrected chi connectivity index (χ1v) is 12.0. The first kappa shape index (κ1) is 30.1. The lowest BCUT2D eigenvalue weighted by atomic mass is 9.85. The van der Waals surface area contributed by atoms with Gasteiger partial charge in [0.1, 0.15) is 30.5 Å². The van der Waals surface area contributed by atoms with Crippen molar-refractivity contribution in [3.8, 4) is 11.5 Å². The molecule has 0 aliphatic carbocycles. The topological polar surface area (TPSA) is 262 Å². The Hall–Kier alpha value is -2.85. The molecule has 1 fully saturated rings. The number of fused-ring (bicyclic) bond motifs is 1. The number of likely N-dealkylation sites (tertiary alicyclic amines) is 1. The third-order valence-electron chi connectivity index (χ3n) is 5.92. The van der Waals surface area contributed by atoms with Crippen LogP contribution in [0.25, 0.3) is 10.9 Å². The van der Waals surface area contributed by atoms with E-state index in [1.165, 1.54) is 12.1 Å². The van der Waals surface area contributed by atoms with Crippen LogP contribution in [0.5, 0.6) is 11.5 Å². The molecule has 218 valence electrons. The highest BCUT2D eigenvalue weighted by Gasteiger charge is 2.57. The first-order valence-electron chi connectivity index (χ1n) is 11.2. The fraction of sp³-hybridized carbons (Fsp3) is 0.364. The summed E-state index contributed by atoms with van der Waals surface area (Å²) < 4.78 is 25.0. The van der Waals surface area contributed by atoms with Gasteiger partial charge >= 0.3 is 12.3 Å². The molecule has 18 heteroatoms. The van der Waals surface area contributed by atoms with Gasteiger partial charge < -0.3 is 65.9 Å². The summed E-state index contributed by atoms with van der Waals surface area (Å²) in [4.78, 5) is 8.24. The SMILES string of the molecule is OC(O)(O)Oc1cc2c(Nc3ccc(Br)cc3F)ncnc2cc1OCC1C(O)(O)CN(C(O)(O)O)CC1(O)O. The van der Waals surface area contributed by atoms with Crippen molar-refractivity contribution >= 4 is 38.3 Å². The molecule has 0 amide bonds. The van der Waals surface area contributed by atoms with E-state index in [1.807, 2.05) is 0 Å². The van der Waals surface area contributed by atoms with Gasteiger partial charge in [0.05, 0.1) is 24.3 Å². The fourth-order valence-electron chi connectivity index (χ4n) is 4.08. The van der Waals surface area contributed by atoms with E-state index in [1.54, 1.807) is 6.07 Å². The summed E-state index contributed by atoms with van der Waals surface area (Å²) in [6.07, 6.45) is -6.25. The lowest BCUT2D eigenvalue weighted by Crippen LogP contribution is -2.72. The molecule has 1 aliphatic heterocycles. The number of aromatic nitrogens is 2. The van der Waals surface area contributed by atoms with Crippen LogP contribution in [0.4, 0.5) is 15.9 Å². The van der Waals surface area contributed by atoms with Crippen molar-refractivity contribution in [3.05, 3.63) is 46.9 Å². The second-order valence-corrected chi connectivity index (χ2v) is 9.96. The summed E-state index contributed by atoms with van der Waals surface area (Å²) in [5, 5.41) is 101. The van der Waals surface area contributed by atoms with E-state index in [4.69, 9.17) is 9.47 Å². The Morgan fingerprint density at radius 1 is 0.975 bits per heavy atom. The summed E-state index contributed by atoms with van der Waals surface area (Å²) in [5.74, 6) is -9.78. The molecule has 40 heavy (non-hydrogen) atoms. The largest absolute Gasteiger partial charge is 0.489 e. The van der Waals surface area contributed by atoms with E-state index in [9.17, 15) is 55.5 Å². The van der Waals surface area contributed by atoms with Gasteiger partial charge in [-0.2, -0.15) is 0 Å². The van der Waals surface area contributed by atoms with Gasteiger partial charge in [0.25, 0.3) is 0 Å². The van der Waals surface area contributed by atoms with E-state index >= 15 is 0 Å². The number of halogens is 2. The number of rotatable bonds is 8. The molecule has 0 atom stereocenters. The second-order valence-electron chi connectivity index (χ2n) is 9.04. The van der Waals surface area contributed by atoms with Gasteiger partial charge in [-0.15, -0.1) is 0 Å². The molecule has 0 bridgehead atoms. The van der Waals surface area contributed by atoms with Crippen molar-refractivity contribution < 1.29 is 64.9 Å². The zero-order valence-electron chi connectivity index (χ0n) is 20.0. The molecule has 2 aromatic carbocycles. The van der Waals surface area contributed by atoms with Gasteiger partial charge in [-0.05, 0) is 24.3 Å². The summed E-state index contributed by atoms with van der Waals surface area (Å²) in [6, 6.07) is 6.36. The highest BCUT2D eigenvalue weighted by Crippen LogP contribution is 2.39. The predicted octanol–water partition coefficient (Wildman–Crippen LogP) is -2.50. The van der Waals surface area contributed by atoms with Crippen molar-refractivity contribution in [1.82, 2.24) is 14.9 Å². The van der Waals surface area contributed by atoms with Crippen LogP contribution in [0.15, 0.2) is 41.1 Å². The number of benzene rings is 2. The number of β-amino-alcohol motifs (C(OH)–C–C–N with tert-alkyl or cyclic N) is 4. The van der Waals surface area contributed by atoms with Gasteiger partial charge in [0.2, 0.25) is 0 Å². The van der Waals surface area contributed by atoms with Crippen LogP contribution in [-0.4, -0.2) is 109 Å². The molecule has 1 aromatic heterocycles. The lowest BCUT2D eigenvalue weighted by molar-refractivity contribution is -0.442. The normalized spacial score (nSPS) is 18.1. The molecular formula is C22H24BrFN4O12. The number of nitrogens with one attached hydrogen (secondary N) is 1. The molecular weight excluding hydrogens is 611 g/mol. The van der Waals surface area contributed by atoms with Crippen LogP contribution in [0.1, 0.15) is 0 Å². The van der Waals surface area contributed by atoms with E-state index in [-0.39, 0.29) is 27.3 Å². The molecule has 3 aromatic rings. The summed E-state index contributed by atoms with van der Waals surface area (Å²) in [6.45, 7) is -3.08. The smallest absolute Gasteiger partial charge is 0.453 e. The number of aliphatic hydroxyl groups is 10. The van der Waals surface area contributed by atoms with Crippen LogP contribution in [0.3, 0.4) is 0 Å². The van der Waals surface area contributed by atoms with Crippen LogP contribution in [-0.2, 0) is 0 Å². The first-order chi connectivity index (χ1) is 18.4. The molecule has 16 nitrogen and oxygen atoms in total. The average molecular weight is 635 g/mol. The maximum Gasteiger partial charge on any atom is 0.453 e. The van der Waals surface area contributed by atoms with Gasteiger partial charge in [-0.1, -0.05) is 15.9 Å². The molecule has 1 saturated heterocycles. The highest BCUT2D eigenvalue weighted by molar-refractivity contribution is 9.10. The highest BCUT2D eigenvalue weighted by atomic mass is 79.9. The summed E-state index contributed by atoms with van der Waals surface area (Å²) in [5.41, 5.74) is 0.107. The Labute approximate surface area is 231 Å². The maximum atomic E-state index is 14.4. The van der Waals surface area contributed by atoms with Gasteiger partial charge in [0.15, 0.2) is 23.1 Å². The predicted molar refractivity (Wildman–Crippen MR) is 131 cm³/mol. The Morgan fingerprint density at radius 3 is 2.20 bits per heavy atom. The van der Waals surface area contributed by atoms with Crippen LogP contribution >= 0.6 is 15.9 Å². The van der Waals surface area contributed by atoms with E-state index < -0.39 is 66.8 Å². The number of piperidine rings is 1. The van der Waals surface area contributed by atoms with E-state index in [0.717, 1.165) is 18.5 Å².